The summed E-state index contributed by atoms with van der Waals surface area (Å²) in [5.74, 6) is 0.875. The third-order valence-corrected chi connectivity index (χ3v) is 13.3. The van der Waals surface area contributed by atoms with Crippen molar-refractivity contribution < 1.29 is 28.5 Å². The third kappa shape index (κ3) is 7.70. The van der Waals surface area contributed by atoms with Gasteiger partial charge in [0.2, 0.25) is 0 Å². The lowest BCUT2D eigenvalue weighted by Gasteiger charge is -2.19. The van der Waals surface area contributed by atoms with Crippen molar-refractivity contribution in [3.05, 3.63) is 132 Å². The monoisotopic (exact) mass is 908 g/mol. The number of aromatic amines is 2. The maximum atomic E-state index is 13.6. The van der Waals surface area contributed by atoms with Crippen molar-refractivity contribution >= 4 is 56.4 Å². The van der Waals surface area contributed by atoms with Crippen molar-refractivity contribution in [2.45, 2.75) is 56.8 Å². The topological polar surface area (TPSA) is 202 Å². The van der Waals surface area contributed by atoms with E-state index in [1.54, 1.807) is 31.0 Å². The van der Waals surface area contributed by atoms with Crippen LogP contribution in [0.25, 0.3) is 44.3 Å². The van der Waals surface area contributed by atoms with Gasteiger partial charge in [0, 0.05) is 90.6 Å². The van der Waals surface area contributed by atoms with Gasteiger partial charge in [0.05, 0.1) is 87.0 Å². The molecule has 10 heterocycles. The van der Waals surface area contributed by atoms with E-state index < -0.39 is 0 Å². The molecule has 2 amide bonds. The zero-order chi connectivity index (χ0) is 45.6. The Morgan fingerprint density at radius 3 is 1.96 bits per heavy atom. The van der Waals surface area contributed by atoms with Crippen molar-refractivity contribution in [3.63, 3.8) is 0 Å². The van der Waals surface area contributed by atoms with Crippen molar-refractivity contribution in [2.75, 3.05) is 43.5 Å². The molecular formula is C52H48N10O6. The van der Waals surface area contributed by atoms with Crippen LogP contribution in [0.3, 0.4) is 0 Å². The van der Waals surface area contributed by atoms with Gasteiger partial charge in [-0.25, -0.2) is 0 Å². The number of nitrogens with one attached hydrogen (secondary N) is 6. The summed E-state index contributed by atoms with van der Waals surface area (Å²) in [7, 11) is 0. The van der Waals surface area contributed by atoms with Gasteiger partial charge in [-0.15, -0.1) is 0 Å². The number of aromatic nitrogens is 6. The minimum absolute atomic E-state index is 0.0314. The molecule has 0 spiro atoms. The van der Waals surface area contributed by atoms with E-state index in [9.17, 15) is 9.59 Å². The molecule has 0 saturated carbocycles. The first kappa shape index (κ1) is 41.6. The molecule has 342 valence electrons. The Balaban J connectivity index is 0.802. The SMILES string of the molecule is O=C1NCCc2[nH]c(-c3ccncc3OCC3CCC(c4ccnc5c(Nc6c(-c7ccncc7OC[C@H]7CCCO7)[nH]c7c6C(=O)NCC7)cccc45)O3)c(Nc3cccc4cccnc34)c21. The Hall–Kier alpha value is -7.82. The molecule has 2 aromatic carbocycles. The number of hydrogen-bond donors (Lipinski definition) is 6. The Bertz CT molecular complexity index is 3230. The predicted octanol–water partition coefficient (Wildman–Crippen LogP) is 8.48. The minimum Gasteiger partial charge on any atom is -0.489 e. The van der Waals surface area contributed by atoms with E-state index in [1.807, 2.05) is 66.9 Å². The molecule has 0 radical (unpaired) electrons. The van der Waals surface area contributed by atoms with Crippen molar-refractivity contribution in [1.29, 1.82) is 0 Å². The summed E-state index contributed by atoms with van der Waals surface area (Å²) in [4.78, 5) is 52.5. The number of H-pyrrole nitrogens is 2. The third-order valence-electron chi connectivity index (χ3n) is 13.3. The molecule has 2 fully saturated rings. The number of amides is 2. The molecule has 8 aromatic rings. The number of carbonyl (C=O) groups excluding carboxylic acids is 2. The largest absolute Gasteiger partial charge is 0.489 e. The second-order valence-corrected chi connectivity index (χ2v) is 17.5. The lowest BCUT2D eigenvalue weighted by Crippen LogP contribution is -2.31. The van der Waals surface area contributed by atoms with Crippen molar-refractivity contribution in [2.24, 2.45) is 0 Å². The van der Waals surface area contributed by atoms with Gasteiger partial charge >= 0.3 is 0 Å². The van der Waals surface area contributed by atoms with Gasteiger partial charge in [0.25, 0.3) is 11.8 Å². The van der Waals surface area contributed by atoms with E-state index in [1.165, 1.54) is 0 Å². The fourth-order valence-corrected chi connectivity index (χ4v) is 10.1. The molecule has 6 aromatic heterocycles. The number of anilines is 4. The average Bonchev–Trinajstić information content (AvgIpc) is 4.21. The molecule has 3 atom stereocenters. The van der Waals surface area contributed by atoms with Gasteiger partial charge in [-0.05, 0) is 67.6 Å². The Kier molecular flexibility index (Phi) is 10.9. The van der Waals surface area contributed by atoms with Crippen LogP contribution in [0.4, 0.5) is 22.7 Å². The summed E-state index contributed by atoms with van der Waals surface area (Å²) in [6.45, 7) is 2.53. The molecule has 12 rings (SSSR count). The van der Waals surface area contributed by atoms with Gasteiger partial charge in [0.15, 0.2) is 0 Å². The van der Waals surface area contributed by atoms with Crippen LogP contribution in [0.5, 0.6) is 11.5 Å². The summed E-state index contributed by atoms with van der Waals surface area (Å²) in [6, 6.07) is 21.8. The van der Waals surface area contributed by atoms with E-state index in [2.05, 4.69) is 52.3 Å². The Morgan fingerprint density at radius 1 is 0.647 bits per heavy atom. The molecule has 6 N–H and O–H groups in total. The first-order valence-electron chi connectivity index (χ1n) is 23.3. The number of carbonyl (C=O) groups is 2. The quantitative estimate of drug-likeness (QED) is 0.0645. The maximum absolute atomic E-state index is 13.6. The molecule has 16 heteroatoms. The number of rotatable bonds is 13. The molecular weight excluding hydrogens is 861 g/mol. The number of nitrogens with zero attached hydrogens (tertiary/aromatic N) is 4. The maximum Gasteiger partial charge on any atom is 0.255 e. The van der Waals surface area contributed by atoms with E-state index in [4.69, 9.17) is 23.9 Å². The Morgan fingerprint density at radius 2 is 1.28 bits per heavy atom. The predicted molar refractivity (Wildman–Crippen MR) is 257 cm³/mol. The molecule has 2 saturated heterocycles. The molecule has 4 aliphatic heterocycles. The van der Waals surface area contributed by atoms with Crippen LogP contribution >= 0.6 is 0 Å². The second kappa shape index (κ2) is 17.8. The van der Waals surface area contributed by atoms with Crippen molar-refractivity contribution in [1.82, 2.24) is 40.5 Å². The summed E-state index contributed by atoms with van der Waals surface area (Å²) < 4.78 is 25.5. The number of para-hydroxylation sites is 2. The zero-order valence-electron chi connectivity index (χ0n) is 37.1. The molecule has 0 aliphatic carbocycles. The van der Waals surface area contributed by atoms with Crippen LogP contribution in [-0.2, 0) is 22.3 Å². The highest BCUT2D eigenvalue weighted by atomic mass is 16.5. The number of pyridine rings is 4. The van der Waals surface area contributed by atoms with E-state index in [0.717, 1.165) is 105 Å². The van der Waals surface area contributed by atoms with E-state index in [0.29, 0.717) is 73.1 Å². The van der Waals surface area contributed by atoms with Gasteiger partial charge in [-0.3, -0.25) is 29.5 Å². The number of fused-ring (bicyclic) bond motifs is 4. The van der Waals surface area contributed by atoms with Crippen LogP contribution in [0.2, 0.25) is 0 Å². The fraction of sp³-hybridized carbons (Fsp3) is 0.269. The van der Waals surface area contributed by atoms with Crippen LogP contribution < -0.4 is 30.7 Å². The molecule has 2 unspecified atom stereocenters. The van der Waals surface area contributed by atoms with Crippen LogP contribution in [0.1, 0.15) is 69.5 Å². The normalized spacial score (nSPS) is 18.8. The number of ether oxygens (including phenoxy) is 4. The summed E-state index contributed by atoms with van der Waals surface area (Å²) in [5.41, 5.74) is 11.3. The van der Waals surface area contributed by atoms with Gasteiger partial charge < -0.3 is 50.2 Å². The Labute approximate surface area is 390 Å². The van der Waals surface area contributed by atoms with Crippen molar-refractivity contribution in [3.8, 4) is 34.0 Å². The smallest absolute Gasteiger partial charge is 0.255 e. The summed E-state index contributed by atoms with van der Waals surface area (Å²) in [6.07, 6.45) is 14.9. The molecule has 16 nitrogen and oxygen atoms in total. The highest BCUT2D eigenvalue weighted by Crippen LogP contribution is 2.44. The highest BCUT2D eigenvalue weighted by Gasteiger charge is 2.33. The first-order chi connectivity index (χ1) is 33.5. The lowest BCUT2D eigenvalue weighted by atomic mass is 10.0. The summed E-state index contributed by atoms with van der Waals surface area (Å²) in [5, 5.41) is 15.2. The lowest BCUT2D eigenvalue weighted by molar-refractivity contribution is 0.0179. The standard InChI is InChI=1S/C52H48N10O6/c63-51-43-36(16-22-57-51)59-47(49(43)61-38-9-1-5-29-6-3-18-55-45(29)38)35-14-20-54-26-42(35)67-28-31-11-12-40(68-31)32-15-21-56-46-33(32)8-2-10-39(46)62-50-44-37(17-23-58-52(44)64)60-48(50)34-13-19-53-25-41(34)66-27-30-7-4-24-65-30/h1-3,5-6,8-10,13-15,18-21,25-26,30-31,40,59-62H,4,7,11-12,16-17,22-24,27-28H2,(H,57,63)(H,58,64)/t30-,31?,40?/m1/s1. The highest BCUT2D eigenvalue weighted by molar-refractivity contribution is 6.09. The van der Waals surface area contributed by atoms with Gasteiger partial charge in [0.1, 0.15) is 24.7 Å². The van der Waals surface area contributed by atoms with Crippen LogP contribution in [0.15, 0.2) is 104 Å². The van der Waals surface area contributed by atoms with Gasteiger partial charge in [-0.2, -0.15) is 0 Å². The second-order valence-electron chi connectivity index (χ2n) is 17.5. The molecule has 0 bridgehead atoms. The van der Waals surface area contributed by atoms with E-state index in [-0.39, 0.29) is 30.1 Å². The number of hydrogen-bond acceptors (Lipinski definition) is 12. The van der Waals surface area contributed by atoms with E-state index >= 15 is 0 Å². The van der Waals surface area contributed by atoms with Crippen LogP contribution in [0, 0.1) is 0 Å². The molecule has 4 aliphatic rings. The summed E-state index contributed by atoms with van der Waals surface area (Å²) >= 11 is 0. The number of benzene rings is 2. The zero-order valence-corrected chi connectivity index (χ0v) is 37.1. The molecule has 68 heavy (non-hydrogen) atoms. The minimum atomic E-state index is -0.210. The average molecular weight is 909 g/mol. The first-order valence-corrected chi connectivity index (χ1v) is 23.3. The van der Waals surface area contributed by atoms with Crippen LogP contribution in [-0.4, -0.2) is 86.8 Å². The fourth-order valence-electron chi connectivity index (χ4n) is 10.1. The van der Waals surface area contributed by atoms with Gasteiger partial charge in [-0.1, -0.05) is 30.3 Å².